The maximum atomic E-state index is 12.6. The number of imidazole rings is 1. The molecule has 1 unspecified atom stereocenters. The van der Waals surface area contributed by atoms with Gasteiger partial charge < -0.3 is 9.88 Å². The second kappa shape index (κ2) is 7.16. The summed E-state index contributed by atoms with van der Waals surface area (Å²) in [5.41, 5.74) is 4.00. The Kier molecular flexibility index (Phi) is 4.72. The summed E-state index contributed by atoms with van der Waals surface area (Å²) in [4.78, 5) is 22.4. The van der Waals surface area contributed by atoms with E-state index in [1.165, 1.54) is 18.4 Å². The first-order valence-corrected chi connectivity index (χ1v) is 10.0. The van der Waals surface area contributed by atoms with Crippen LogP contribution in [0.15, 0.2) is 53.7 Å². The first-order valence-electron chi connectivity index (χ1n) is 9.05. The molecule has 1 heterocycles. The van der Waals surface area contributed by atoms with Gasteiger partial charge in [0.15, 0.2) is 5.16 Å². The average Bonchev–Trinajstić information content (AvgIpc) is 3.44. The highest BCUT2D eigenvalue weighted by atomic mass is 32.2. The molecule has 1 aliphatic carbocycles. The number of carbonyl (C=O) groups excluding carboxylic acids is 1. The van der Waals surface area contributed by atoms with Gasteiger partial charge in [-0.1, -0.05) is 36.0 Å². The van der Waals surface area contributed by atoms with Gasteiger partial charge in [-0.05, 0) is 55.5 Å². The summed E-state index contributed by atoms with van der Waals surface area (Å²) >= 11 is 1.67. The largest absolute Gasteiger partial charge is 0.339 e. The number of para-hydroxylation sites is 2. The van der Waals surface area contributed by atoms with Crippen LogP contribution >= 0.6 is 11.8 Å². The summed E-state index contributed by atoms with van der Waals surface area (Å²) in [5.74, 6) is 1.62. The topological polar surface area (TPSA) is 49.0 Å². The van der Waals surface area contributed by atoms with E-state index in [0.29, 0.717) is 12.0 Å². The van der Waals surface area contributed by atoms with Gasteiger partial charge in [-0.2, -0.15) is 0 Å². The van der Waals surface area contributed by atoms with Crippen molar-refractivity contribution in [2.75, 3.05) is 7.05 Å². The lowest BCUT2D eigenvalue weighted by atomic mass is 10.1. The molecule has 1 aliphatic rings. The predicted octanol–water partition coefficient (Wildman–Crippen LogP) is 4.73. The Hall–Kier alpha value is -2.27. The third-order valence-corrected chi connectivity index (χ3v) is 6.12. The number of aromatic nitrogens is 2. The van der Waals surface area contributed by atoms with Crippen LogP contribution in [0.4, 0.5) is 0 Å². The van der Waals surface area contributed by atoms with Gasteiger partial charge in [0.2, 0.25) is 0 Å². The highest BCUT2D eigenvalue weighted by molar-refractivity contribution is 7.98. The minimum Gasteiger partial charge on any atom is -0.339 e. The molecule has 0 radical (unpaired) electrons. The highest BCUT2D eigenvalue weighted by Crippen LogP contribution is 2.35. The molecule has 1 saturated carbocycles. The van der Waals surface area contributed by atoms with E-state index in [1.54, 1.807) is 11.8 Å². The molecular formula is C21H23N3OS. The zero-order valence-electron chi connectivity index (χ0n) is 15.1. The average molecular weight is 366 g/mol. The molecule has 26 heavy (non-hydrogen) atoms. The lowest BCUT2D eigenvalue weighted by molar-refractivity contribution is 0.0727. The van der Waals surface area contributed by atoms with Crippen LogP contribution in [0.3, 0.4) is 0 Å². The van der Waals surface area contributed by atoms with E-state index in [0.717, 1.165) is 27.5 Å². The lowest BCUT2D eigenvalue weighted by Gasteiger charge is -2.25. The van der Waals surface area contributed by atoms with Crippen LogP contribution < -0.4 is 0 Å². The summed E-state index contributed by atoms with van der Waals surface area (Å²) in [6.45, 7) is 2.15. The molecule has 1 N–H and O–H groups in total. The molecule has 1 fully saturated rings. The van der Waals surface area contributed by atoms with Crippen LogP contribution in [0.2, 0.25) is 0 Å². The lowest BCUT2D eigenvalue weighted by Crippen LogP contribution is -2.36. The standard InChI is InChI=1S/C21H23N3OS/c1-14(16-11-12-16)24(2)20(25)17-9-7-15(8-10-17)13-26-21-22-18-5-3-4-6-19(18)23-21/h3-10,14,16H,11-13H2,1-2H3,(H,22,23). The Balaban J connectivity index is 1.38. The van der Waals surface area contributed by atoms with Crippen LogP contribution in [-0.4, -0.2) is 33.9 Å². The van der Waals surface area contributed by atoms with Crippen LogP contribution in [0.1, 0.15) is 35.7 Å². The number of fused-ring (bicyclic) bond motifs is 1. The van der Waals surface area contributed by atoms with Gasteiger partial charge >= 0.3 is 0 Å². The minimum atomic E-state index is 0.112. The van der Waals surface area contributed by atoms with Crippen LogP contribution in [0.5, 0.6) is 0 Å². The Morgan fingerprint density at radius 3 is 2.65 bits per heavy atom. The smallest absolute Gasteiger partial charge is 0.253 e. The fourth-order valence-corrected chi connectivity index (χ4v) is 4.02. The third-order valence-electron chi connectivity index (χ3n) is 5.18. The predicted molar refractivity (Wildman–Crippen MR) is 106 cm³/mol. The number of thioether (sulfide) groups is 1. The molecule has 134 valence electrons. The number of H-pyrrole nitrogens is 1. The summed E-state index contributed by atoms with van der Waals surface area (Å²) < 4.78 is 0. The first-order chi connectivity index (χ1) is 12.6. The van der Waals surface area contributed by atoms with E-state index in [-0.39, 0.29) is 5.91 Å². The maximum absolute atomic E-state index is 12.6. The molecule has 1 amide bonds. The van der Waals surface area contributed by atoms with Crippen LogP contribution in [-0.2, 0) is 5.75 Å². The van der Waals surface area contributed by atoms with E-state index >= 15 is 0 Å². The number of amides is 1. The van der Waals surface area contributed by atoms with Gasteiger partial charge in [0.25, 0.3) is 5.91 Å². The van der Waals surface area contributed by atoms with Crippen molar-refractivity contribution in [3.8, 4) is 0 Å². The van der Waals surface area contributed by atoms with Crippen molar-refractivity contribution in [1.82, 2.24) is 14.9 Å². The molecule has 5 heteroatoms. The molecule has 4 rings (SSSR count). The van der Waals surface area contributed by atoms with E-state index in [1.807, 2.05) is 60.5 Å². The second-order valence-electron chi connectivity index (χ2n) is 7.04. The first kappa shape index (κ1) is 17.2. The number of rotatable bonds is 6. The SMILES string of the molecule is CC(C1CC1)N(C)C(=O)c1ccc(CSc2nc3ccccc3[nH]2)cc1. The van der Waals surface area contributed by atoms with E-state index < -0.39 is 0 Å². The van der Waals surface area contributed by atoms with Gasteiger partial charge in [0, 0.05) is 24.4 Å². The Morgan fingerprint density at radius 2 is 1.96 bits per heavy atom. The van der Waals surface area contributed by atoms with Gasteiger partial charge in [-0.3, -0.25) is 4.79 Å². The Bertz CT molecular complexity index is 881. The monoisotopic (exact) mass is 365 g/mol. The summed E-state index contributed by atoms with van der Waals surface area (Å²) in [6.07, 6.45) is 2.49. The molecule has 1 aromatic heterocycles. The van der Waals surface area contributed by atoms with Crippen molar-refractivity contribution >= 4 is 28.7 Å². The quantitative estimate of drug-likeness (QED) is 0.643. The number of carbonyl (C=O) groups is 1. The van der Waals surface area contributed by atoms with Crippen molar-refractivity contribution < 1.29 is 4.79 Å². The molecule has 0 aliphatic heterocycles. The molecule has 0 saturated heterocycles. The fourth-order valence-electron chi connectivity index (χ4n) is 3.18. The van der Waals surface area contributed by atoms with Gasteiger partial charge in [0.1, 0.15) is 0 Å². The van der Waals surface area contributed by atoms with Crippen molar-refractivity contribution in [2.45, 2.75) is 36.7 Å². The van der Waals surface area contributed by atoms with Gasteiger partial charge in [-0.25, -0.2) is 4.98 Å². The molecule has 0 bridgehead atoms. The fraction of sp³-hybridized carbons (Fsp3) is 0.333. The normalized spacial score (nSPS) is 15.2. The third kappa shape index (κ3) is 3.63. The molecular weight excluding hydrogens is 342 g/mol. The van der Waals surface area contributed by atoms with Crippen LogP contribution in [0.25, 0.3) is 11.0 Å². The van der Waals surface area contributed by atoms with E-state index in [2.05, 4.69) is 16.9 Å². The summed E-state index contributed by atoms with van der Waals surface area (Å²) in [6, 6.07) is 16.3. The number of nitrogens with one attached hydrogen (secondary N) is 1. The van der Waals surface area contributed by atoms with Crippen molar-refractivity contribution in [3.05, 3.63) is 59.7 Å². The van der Waals surface area contributed by atoms with Gasteiger partial charge in [0.05, 0.1) is 11.0 Å². The maximum Gasteiger partial charge on any atom is 0.253 e. The molecule has 3 aromatic rings. The molecule has 1 atom stereocenters. The van der Waals surface area contributed by atoms with E-state index in [4.69, 9.17) is 0 Å². The molecule has 4 nitrogen and oxygen atoms in total. The number of hydrogen-bond acceptors (Lipinski definition) is 3. The zero-order valence-corrected chi connectivity index (χ0v) is 15.9. The number of nitrogens with zero attached hydrogens (tertiary/aromatic N) is 2. The van der Waals surface area contributed by atoms with Crippen molar-refractivity contribution in [2.24, 2.45) is 5.92 Å². The van der Waals surface area contributed by atoms with Crippen molar-refractivity contribution in [3.63, 3.8) is 0 Å². The summed E-state index contributed by atoms with van der Waals surface area (Å²) in [7, 11) is 1.91. The summed E-state index contributed by atoms with van der Waals surface area (Å²) in [5, 5.41) is 0.921. The van der Waals surface area contributed by atoms with Gasteiger partial charge in [-0.15, -0.1) is 0 Å². The molecule has 0 spiro atoms. The number of aromatic amines is 1. The van der Waals surface area contributed by atoms with E-state index in [9.17, 15) is 4.79 Å². The number of benzene rings is 2. The highest BCUT2D eigenvalue weighted by Gasteiger charge is 2.32. The second-order valence-corrected chi connectivity index (χ2v) is 8.00. The van der Waals surface area contributed by atoms with Crippen LogP contribution in [0, 0.1) is 5.92 Å². The number of hydrogen-bond donors (Lipinski definition) is 1. The minimum absolute atomic E-state index is 0.112. The zero-order chi connectivity index (χ0) is 18.1. The Morgan fingerprint density at radius 1 is 1.23 bits per heavy atom. The Labute approximate surface area is 158 Å². The molecule has 2 aromatic carbocycles. The van der Waals surface area contributed by atoms with Crippen molar-refractivity contribution in [1.29, 1.82) is 0 Å².